The first-order valence-electron chi connectivity index (χ1n) is 2.02. The maximum atomic E-state index is 8.89. The third-order valence-electron chi connectivity index (χ3n) is 0. The Morgan fingerprint density at radius 1 is 1.75 bits per heavy atom. The summed E-state index contributed by atoms with van der Waals surface area (Å²) in [5.74, 6) is -1.08. The molecule has 54 valence electrons. The molecule has 2 N–H and O–H groups in total. The second-order valence-electron chi connectivity index (χ2n) is 0.900. The Balaban J connectivity index is -0.0000000575. The molecule has 0 aliphatic rings. The summed E-state index contributed by atoms with van der Waals surface area (Å²) in [6.07, 6.45) is 0. The van der Waals surface area contributed by atoms with E-state index < -0.39 is 5.97 Å². The van der Waals surface area contributed by atoms with Crippen molar-refractivity contribution < 1.29 is 27.0 Å². The minimum absolute atomic E-state index is 0. The SMILES string of the molecule is CC(=O)[O-].CCN.[Cu+]. The van der Waals surface area contributed by atoms with Crippen LogP contribution in [0.3, 0.4) is 0 Å². The van der Waals surface area contributed by atoms with Crippen LogP contribution in [-0.4, -0.2) is 12.5 Å². The van der Waals surface area contributed by atoms with Gasteiger partial charge in [0.2, 0.25) is 0 Å². The van der Waals surface area contributed by atoms with Crippen molar-refractivity contribution in [1.29, 1.82) is 0 Å². The molecule has 0 aliphatic carbocycles. The zero-order valence-corrected chi connectivity index (χ0v) is 5.84. The Hall–Kier alpha value is -0.0505. The minimum atomic E-state index is -1.08. The Morgan fingerprint density at radius 2 is 1.75 bits per heavy atom. The van der Waals surface area contributed by atoms with E-state index in [0.29, 0.717) is 0 Å². The molecule has 0 saturated heterocycles. The van der Waals surface area contributed by atoms with Crippen LogP contribution in [-0.2, 0) is 21.9 Å². The summed E-state index contributed by atoms with van der Waals surface area (Å²) in [6.45, 7) is 3.62. The van der Waals surface area contributed by atoms with Crippen molar-refractivity contribution in [2.45, 2.75) is 13.8 Å². The van der Waals surface area contributed by atoms with Gasteiger partial charge in [-0.1, -0.05) is 6.92 Å². The van der Waals surface area contributed by atoms with E-state index in [4.69, 9.17) is 15.6 Å². The van der Waals surface area contributed by atoms with Crippen LogP contribution in [0.2, 0.25) is 0 Å². The molecule has 4 heteroatoms. The van der Waals surface area contributed by atoms with E-state index in [0.717, 1.165) is 13.5 Å². The molecular weight excluding hydrogens is 158 g/mol. The van der Waals surface area contributed by atoms with Gasteiger partial charge in [-0.25, -0.2) is 0 Å². The van der Waals surface area contributed by atoms with Gasteiger partial charge < -0.3 is 15.6 Å². The van der Waals surface area contributed by atoms with Gasteiger partial charge in [0, 0.05) is 5.97 Å². The fraction of sp³-hybridized carbons (Fsp3) is 0.750. The van der Waals surface area contributed by atoms with Crippen LogP contribution in [0.15, 0.2) is 0 Å². The number of aliphatic carboxylic acids is 1. The average molecular weight is 168 g/mol. The number of hydrogen-bond donors (Lipinski definition) is 1. The molecule has 0 bridgehead atoms. The predicted molar refractivity (Wildman–Crippen MR) is 25.4 cm³/mol. The van der Waals surface area contributed by atoms with Gasteiger partial charge in [-0.2, -0.15) is 0 Å². The largest absolute Gasteiger partial charge is 1.00 e. The van der Waals surface area contributed by atoms with Crippen molar-refractivity contribution in [3.8, 4) is 0 Å². The molecule has 0 aliphatic heterocycles. The topological polar surface area (TPSA) is 66.1 Å². The van der Waals surface area contributed by atoms with Gasteiger partial charge >= 0.3 is 17.1 Å². The molecule has 8 heavy (non-hydrogen) atoms. The summed E-state index contributed by atoms with van der Waals surface area (Å²) in [7, 11) is 0. The van der Waals surface area contributed by atoms with Crippen molar-refractivity contribution in [1.82, 2.24) is 0 Å². The molecule has 0 heterocycles. The number of carboxylic acid groups (broad SMARTS) is 1. The molecule has 0 saturated carbocycles. The summed E-state index contributed by atoms with van der Waals surface area (Å²) in [5.41, 5.74) is 4.85. The van der Waals surface area contributed by atoms with Crippen LogP contribution >= 0.6 is 0 Å². The van der Waals surface area contributed by atoms with Gasteiger partial charge in [0.1, 0.15) is 0 Å². The van der Waals surface area contributed by atoms with Crippen LogP contribution < -0.4 is 10.8 Å². The van der Waals surface area contributed by atoms with Crippen LogP contribution in [0, 0.1) is 0 Å². The number of rotatable bonds is 0. The number of carbonyl (C=O) groups excluding carboxylic acids is 1. The monoisotopic (exact) mass is 167 g/mol. The van der Waals surface area contributed by atoms with Gasteiger partial charge in [0.25, 0.3) is 0 Å². The predicted octanol–water partition coefficient (Wildman–Crippen LogP) is -1.28. The summed E-state index contributed by atoms with van der Waals surface area (Å²) < 4.78 is 0. The van der Waals surface area contributed by atoms with Gasteiger partial charge in [0.05, 0.1) is 0 Å². The molecule has 0 aromatic heterocycles. The molecule has 0 aromatic carbocycles. The summed E-state index contributed by atoms with van der Waals surface area (Å²) >= 11 is 0. The zero-order chi connectivity index (χ0) is 6.28. The van der Waals surface area contributed by atoms with Crippen molar-refractivity contribution in [2.75, 3.05) is 6.54 Å². The molecule has 0 unspecified atom stereocenters. The van der Waals surface area contributed by atoms with E-state index >= 15 is 0 Å². The fourth-order valence-corrected chi connectivity index (χ4v) is 0. The Bertz CT molecular complexity index is 45.3. The summed E-state index contributed by atoms with van der Waals surface area (Å²) in [5, 5.41) is 8.89. The van der Waals surface area contributed by atoms with E-state index in [1.165, 1.54) is 0 Å². The minimum Gasteiger partial charge on any atom is -0.550 e. The first-order chi connectivity index (χ1) is 3.15. The average Bonchev–Trinajstić information content (AvgIpc) is 1.33. The fourth-order valence-electron chi connectivity index (χ4n) is 0. The third-order valence-corrected chi connectivity index (χ3v) is 0. The normalized spacial score (nSPS) is 5.38. The molecule has 0 fully saturated rings. The van der Waals surface area contributed by atoms with Crippen molar-refractivity contribution in [3.63, 3.8) is 0 Å². The third kappa shape index (κ3) is 57100. The zero-order valence-electron chi connectivity index (χ0n) is 4.90. The number of nitrogens with two attached hydrogens (primary N) is 1. The van der Waals surface area contributed by atoms with Gasteiger partial charge in [-0.15, -0.1) is 0 Å². The Kier molecular flexibility index (Phi) is 30.9. The molecular formula is C4H10CuNO2. The van der Waals surface area contributed by atoms with E-state index in [-0.39, 0.29) is 17.1 Å². The maximum Gasteiger partial charge on any atom is 1.00 e. The van der Waals surface area contributed by atoms with E-state index in [1.807, 2.05) is 6.92 Å². The summed E-state index contributed by atoms with van der Waals surface area (Å²) in [4.78, 5) is 8.89. The maximum absolute atomic E-state index is 8.89. The van der Waals surface area contributed by atoms with Crippen molar-refractivity contribution in [3.05, 3.63) is 0 Å². The van der Waals surface area contributed by atoms with Gasteiger partial charge in [-0.3, -0.25) is 0 Å². The van der Waals surface area contributed by atoms with Gasteiger partial charge in [-0.05, 0) is 13.5 Å². The molecule has 3 nitrogen and oxygen atoms in total. The van der Waals surface area contributed by atoms with E-state index in [9.17, 15) is 0 Å². The van der Waals surface area contributed by atoms with Gasteiger partial charge in [0.15, 0.2) is 0 Å². The molecule has 0 amide bonds. The molecule has 0 radical (unpaired) electrons. The number of carbonyl (C=O) groups is 1. The van der Waals surface area contributed by atoms with Crippen molar-refractivity contribution in [2.24, 2.45) is 5.73 Å². The smallest absolute Gasteiger partial charge is 0.550 e. The first kappa shape index (κ1) is 15.7. The Labute approximate surface area is 59.7 Å². The number of hydrogen-bond acceptors (Lipinski definition) is 3. The molecule has 0 spiro atoms. The second-order valence-corrected chi connectivity index (χ2v) is 0.900. The second kappa shape index (κ2) is 15.8. The van der Waals surface area contributed by atoms with Crippen LogP contribution in [0.25, 0.3) is 0 Å². The molecule has 0 atom stereocenters. The van der Waals surface area contributed by atoms with Crippen LogP contribution in [0.4, 0.5) is 0 Å². The number of carboxylic acids is 1. The molecule has 0 rings (SSSR count). The van der Waals surface area contributed by atoms with E-state index in [2.05, 4.69) is 0 Å². The van der Waals surface area contributed by atoms with Crippen LogP contribution in [0.5, 0.6) is 0 Å². The van der Waals surface area contributed by atoms with Crippen LogP contribution in [0.1, 0.15) is 13.8 Å². The van der Waals surface area contributed by atoms with Crippen molar-refractivity contribution >= 4 is 5.97 Å². The quantitative estimate of drug-likeness (QED) is 0.457. The Morgan fingerprint density at radius 3 is 1.75 bits per heavy atom. The first-order valence-corrected chi connectivity index (χ1v) is 2.02. The molecule has 0 aromatic rings. The standard InChI is InChI=1S/C2H7N.C2H4O2.Cu/c1-2-3;1-2(3)4;/h2-3H2,1H3;1H3,(H,3,4);/q;;+1/p-1. The van der Waals surface area contributed by atoms with E-state index in [1.54, 1.807) is 0 Å². The summed E-state index contributed by atoms with van der Waals surface area (Å²) in [6, 6.07) is 0.